The van der Waals surface area contributed by atoms with Gasteiger partial charge in [0, 0.05) is 25.8 Å². The van der Waals surface area contributed by atoms with Crippen molar-refractivity contribution in [3.8, 4) is 0 Å². The number of amides is 2. The number of esters is 1. The molecule has 1 aliphatic heterocycles. The second-order valence-electron chi connectivity index (χ2n) is 5.45. The van der Waals surface area contributed by atoms with E-state index in [9.17, 15) is 14.4 Å². The van der Waals surface area contributed by atoms with Gasteiger partial charge in [-0.15, -0.1) is 0 Å². The van der Waals surface area contributed by atoms with Crippen LogP contribution in [0.2, 0.25) is 0 Å². The molecular formula is C16H21N3O4. The quantitative estimate of drug-likeness (QED) is 0.774. The van der Waals surface area contributed by atoms with Gasteiger partial charge in [-0.05, 0) is 25.0 Å². The second kappa shape index (κ2) is 7.62. The number of para-hydroxylation sites is 1. The predicted octanol–water partition coefficient (Wildman–Crippen LogP) is 0.609. The number of nitrogens with two attached hydrogens (primary N) is 1. The van der Waals surface area contributed by atoms with Crippen LogP contribution in [0.5, 0.6) is 0 Å². The van der Waals surface area contributed by atoms with Crippen LogP contribution in [0.25, 0.3) is 0 Å². The zero-order valence-electron chi connectivity index (χ0n) is 13.1. The summed E-state index contributed by atoms with van der Waals surface area (Å²) in [6, 6.07) is 6.90. The number of rotatable bonds is 5. The van der Waals surface area contributed by atoms with E-state index in [1.54, 1.807) is 31.3 Å². The fourth-order valence-electron chi connectivity index (χ4n) is 2.61. The fraction of sp³-hybridized carbons (Fsp3) is 0.438. The van der Waals surface area contributed by atoms with E-state index in [0.717, 1.165) is 6.42 Å². The number of ether oxygens (including phenoxy) is 1. The molecule has 1 fully saturated rings. The Kier molecular flexibility index (Phi) is 5.56. The topological polar surface area (TPSA) is 102 Å². The summed E-state index contributed by atoms with van der Waals surface area (Å²) in [5, 5.41) is 2.90. The molecule has 1 aromatic rings. The van der Waals surface area contributed by atoms with Gasteiger partial charge in [-0.2, -0.15) is 0 Å². The average Bonchev–Trinajstić information content (AvgIpc) is 2.59. The summed E-state index contributed by atoms with van der Waals surface area (Å²) in [5.41, 5.74) is 6.30. The van der Waals surface area contributed by atoms with Crippen molar-refractivity contribution in [3.63, 3.8) is 0 Å². The van der Waals surface area contributed by atoms with E-state index < -0.39 is 11.9 Å². The number of likely N-dealkylation sites (tertiary alicyclic amines) is 1. The Bertz CT molecular complexity index is 603. The molecule has 1 heterocycles. The van der Waals surface area contributed by atoms with Gasteiger partial charge in [0.05, 0.1) is 11.5 Å². The number of primary amides is 1. The van der Waals surface area contributed by atoms with Crippen molar-refractivity contribution in [2.75, 3.05) is 32.1 Å². The summed E-state index contributed by atoms with van der Waals surface area (Å²) >= 11 is 0. The van der Waals surface area contributed by atoms with Crippen molar-refractivity contribution in [2.24, 2.45) is 11.7 Å². The molecule has 0 aliphatic carbocycles. The van der Waals surface area contributed by atoms with Crippen molar-refractivity contribution in [3.05, 3.63) is 29.8 Å². The average molecular weight is 319 g/mol. The van der Waals surface area contributed by atoms with Gasteiger partial charge in [0.25, 0.3) is 5.91 Å². The predicted molar refractivity (Wildman–Crippen MR) is 84.8 cm³/mol. The third kappa shape index (κ3) is 4.21. The summed E-state index contributed by atoms with van der Waals surface area (Å²) < 4.78 is 5.09. The number of hydrogen-bond donors (Lipinski definition) is 2. The number of piperidine rings is 1. The molecular weight excluding hydrogens is 298 g/mol. The van der Waals surface area contributed by atoms with Crippen LogP contribution in [-0.2, 0) is 14.3 Å². The van der Waals surface area contributed by atoms with E-state index in [1.807, 2.05) is 0 Å². The van der Waals surface area contributed by atoms with Crippen molar-refractivity contribution in [1.82, 2.24) is 4.90 Å². The first-order valence-electron chi connectivity index (χ1n) is 7.54. The second-order valence-corrected chi connectivity index (χ2v) is 5.45. The molecule has 7 heteroatoms. The summed E-state index contributed by atoms with van der Waals surface area (Å²) in [6.07, 6.45) is 1.41. The molecule has 1 atom stereocenters. The molecule has 3 N–H and O–H groups in total. The molecule has 124 valence electrons. The van der Waals surface area contributed by atoms with Crippen LogP contribution in [0.15, 0.2) is 24.3 Å². The minimum Gasteiger partial charge on any atom is -0.452 e. The van der Waals surface area contributed by atoms with Gasteiger partial charge in [0.2, 0.25) is 5.91 Å². The van der Waals surface area contributed by atoms with E-state index in [0.29, 0.717) is 30.8 Å². The molecule has 7 nitrogen and oxygen atoms in total. The maximum Gasteiger partial charge on any atom is 0.340 e. The number of anilines is 1. The summed E-state index contributed by atoms with van der Waals surface area (Å²) in [5.74, 6) is -1.60. The number of benzene rings is 1. The molecule has 2 amide bonds. The maximum absolute atomic E-state index is 12.1. The third-order valence-electron chi connectivity index (χ3n) is 3.92. The van der Waals surface area contributed by atoms with E-state index in [4.69, 9.17) is 10.5 Å². The maximum atomic E-state index is 12.1. The SMILES string of the molecule is CNc1ccccc1C(=O)OCC(=O)N1CCC[C@H](C(N)=O)C1. The van der Waals surface area contributed by atoms with Crippen LogP contribution in [0.3, 0.4) is 0 Å². The molecule has 0 spiro atoms. The van der Waals surface area contributed by atoms with Gasteiger partial charge < -0.3 is 20.7 Å². The Morgan fingerprint density at radius 2 is 2.09 bits per heavy atom. The Labute approximate surface area is 134 Å². The van der Waals surface area contributed by atoms with E-state index in [1.165, 1.54) is 4.90 Å². The Morgan fingerprint density at radius 1 is 1.35 bits per heavy atom. The molecule has 0 aromatic heterocycles. The van der Waals surface area contributed by atoms with Crippen LogP contribution in [0.4, 0.5) is 5.69 Å². The van der Waals surface area contributed by atoms with Crippen LogP contribution >= 0.6 is 0 Å². The number of carbonyl (C=O) groups excluding carboxylic acids is 3. The largest absolute Gasteiger partial charge is 0.452 e. The molecule has 2 rings (SSSR count). The zero-order chi connectivity index (χ0) is 16.8. The normalized spacial score (nSPS) is 17.4. The van der Waals surface area contributed by atoms with Crippen molar-refractivity contribution < 1.29 is 19.1 Å². The zero-order valence-corrected chi connectivity index (χ0v) is 13.1. The minimum atomic E-state index is -0.563. The molecule has 0 bridgehead atoms. The first-order chi connectivity index (χ1) is 11.0. The highest BCUT2D eigenvalue weighted by Gasteiger charge is 2.27. The minimum absolute atomic E-state index is 0.290. The highest BCUT2D eigenvalue weighted by Crippen LogP contribution is 2.17. The van der Waals surface area contributed by atoms with Crippen LogP contribution in [0, 0.1) is 5.92 Å². The fourth-order valence-corrected chi connectivity index (χ4v) is 2.61. The van der Waals surface area contributed by atoms with Gasteiger partial charge in [0.15, 0.2) is 6.61 Å². The molecule has 23 heavy (non-hydrogen) atoms. The summed E-state index contributed by atoms with van der Waals surface area (Å²) in [4.78, 5) is 37.0. The van der Waals surface area contributed by atoms with Crippen molar-refractivity contribution in [2.45, 2.75) is 12.8 Å². The number of carbonyl (C=O) groups is 3. The van der Waals surface area contributed by atoms with E-state index in [-0.39, 0.29) is 18.4 Å². The first-order valence-corrected chi connectivity index (χ1v) is 7.54. The van der Waals surface area contributed by atoms with Crippen LogP contribution in [0.1, 0.15) is 23.2 Å². The molecule has 1 saturated heterocycles. The lowest BCUT2D eigenvalue weighted by atomic mass is 9.97. The highest BCUT2D eigenvalue weighted by atomic mass is 16.5. The van der Waals surface area contributed by atoms with E-state index in [2.05, 4.69) is 5.32 Å². The van der Waals surface area contributed by atoms with Gasteiger partial charge in [-0.3, -0.25) is 9.59 Å². The van der Waals surface area contributed by atoms with E-state index >= 15 is 0 Å². The smallest absolute Gasteiger partial charge is 0.340 e. The van der Waals surface area contributed by atoms with Crippen molar-refractivity contribution >= 4 is 23.5 Å². The lowest BCUT2D eigenvalue weighted by Gasteiger charge is -2.31. The number of nitrogens with one attached hydrogen (secondary N) is 1. The molecule has 1 aromatic carbocycles. The van der Waals surface area contributed by atoms with Crippen LogP contribution < -0.4 is 11.1 Å². The Hall–Kier alpha value is -2.57. The van der Waals surface area contributed by atoms with Gasteiger partial charge in [-0.25, -0.2) is 4.79 Å². The lowest BCUT2D eigenvalue weighted by Crippen LogP contribution is -2.45. The number of hydrogen-bond acceptors (Lipinski definition) is 5. The van der Waals surface area contributed by atoms with Crippen molar-refractivity contribution in [1.29, 1.82) is 0 Å². The van der Waals surface area contributed by atoms with Gasteiger partial charge in [0.1, 0.15) is 0 Å². The lowest BCUT2D eigenvalue weighted by molar-refractivity contribution is -0.137. The van der Waals surface area contributed by atoms with Gasteiger partial charge >= 0.3 is 5.97 Å². The van der Waals surface area contributed by atoms with Gasteiger partial charge in [-0.1, -0.05) is 12.1 Å². The standard InChI is InChI=1S/C16H21N3O4/c1-18-13-7-3-2-6-12(13)16(22)23-10-14(20)19-8-4-5-11(9-19)15(17)21/h2-3,6-7,11,18H,4-5,8-10H2,1H3,(H2,17,21)/t11-/m0/s1. The molecule has 0 saturated carbocycles. The Morgan fingerprint density at radius 3 is 2.78 bits per heavy atom. The molecule has 1 aliphatic rings. The highest BCUT2D eigenvalue weighted by molar-refractivity contribution is 5.96. The third-order valence-corrected chi connectivity index (χ3v) is 3.92. The Balaban J connectivity index is 1.91. The summed E-state index contributed by atoms with van der Waals surface area (Å²) in [7, 11) is 1.70. The van der Waals surface area contributed by atoms with Crippen LogP contribution in [-0.4, -0.2) is 49.4 Å². The summed E-state index contributed by atoms with van der Waals surface area (Å²) in [6.45, 7) is 0.494. The monoisotopic (exact) mass is 319 g/mol. The molecule has 0 unspecified atom stereocenters. The number of nitrogens with zero attached hydrogens (tertiary/aromatic N) is 1. The first kappa shape index (κ1) is 16.8. The molecule has 0 radical (unpaired) electrons.